The number of nitrogens with one attached hydrogen (secondary N) is 9. The third-order valence-electron chi connectivity index (χ3n) is 22.1. The molecule has 0 saturated carbocycles. The predicted octanol–water partition coefficient (Wildman–Crippen LogP) is 16.6. The maximum absolute atomic E-state index is 12.8. The summed E-state index contributed by atoms with van der Waals surface area (Å²) in [6.45, 7) is 13.5. The molecule has 7 aromatic carbocycles. The number of rotatable bonds is 19. The van der Waals surface area contributed by atoms with Gasteiger partial charge in [0, 0.05) is 194 Å². The van der Waals surface area contributed by atoms with Crippen molar-refractivity contribution in [1.82, 2.24) is 74.1 Å². The molecule has 0 spiro atoms. The van der Waals surface area contributed by atoms with E-state index in [9.17, 15) is 36.5 Å². The Morgan fingerprint density at radius 3 is 1.26 bits per heavy atom. The standard InChI is InChI=1S/C14H19N5O2S2.C14H16N4O2S.C13H12F3N3S.C13H14N4O3.C13H16N4.C12H14N4S.C12H13N3S/c1-18(2)23(20,21)17-11-3-4-14-13(7-11)19(5-6-22-14)9-12-8-15-10-16-12;1-20-14(19)17-10-2-3-13-12(6-10)18(4-5-21-13)8-11-7-15-9-16-11;14-13(15,16)9-1-2-12-11(5-9)19(3-4-20-12)7-10-6-17-8-18-10;18-17(19)11-2-3-13-12(6-11)16(4-1-5-20-13)8-10-7-14-9-15-10;1-16-6-7-17(9-11-8-14-10-15-11)13-5-3-2-4-12(13)16;13-9-1-2-12-11(5-9)16(3-4-17-12)7-10-6-14-8-15-10;1-2-4-12-11(3-1)15(5-6-16-12)8-10-7-13-9-14-10/h3-4,7-8,10,17H,5-6,9H2,1-2H3,(H,15,16);2-3,6-7,9H,4-5,8H2,1H3,(H,15,16)(H,17,19);1-2,5-6,8H,3-4,7H2,(H,17,18);2-3,6-7,9H,1,4-5,8H2,(H,14,15);2-5,8,10H,6-7,9H2,1H3,(H,14,15);1-2,5-6,8H,3-4,7,13H2,(H,14,15);1-4,7,9H,5-6,8H2,(H,13,14). The number of nitro groups is 1. The maximum atomic E-state index is 12.8. The molecule has 0 bridgehead atoms. The van der Waals surface area contributed by atoms with Crippen molar-refractivity contribution in [3.63, 3.8) is 0 Å². The van der Waals surface area contributed by atoms with E-state index in [-0.39, 0.29) is 10.6 Å². The molecule has 21 rings (SSSR count). The number of benzene rings is 7. The van der Waals surface area contributed by atoms with Gasteiger partial charge in [-0.1, -0.05) is 24.3 Å². The van der Waals surface area contributed by atoms with Gasteiger partial charge in [-0.15, -0.1) is 58.8 Å². The highest BCUT2D eigenvalue weighted by molar-refractivity contribution is 8.00. The smallest absolute Gasteiger partial charge is 0.416 e. The first-order valence-electron chi connectivity index (χ1n) is 43.0. The number of methoxy groups -OCH3 is 1. The van der Waals surface area contributed by atoms with Crippen molar-refractivity contribution < 1.29 is 40.8 Å². The van der Waals surface area contributed by atoms with E-state index in [1.54, 1.807) is 111 Å². The first kappa shape index (κ1) is 95.5. The number of halogens is 3. The molecule has 0 aliphatic carbocycles. The number of imidazole rings is 7. The summed E-state index contributed by atoms with van der Waals surface area (Å²) in [7, 11) is 3.00. The summed E-state index contributed by atoms with van der Waals surface area (Å²) >= 11 is 9.03. The Bertz CT molecular complexity index is 6170. The molecule has 0 radical (unpaired) electrons. The Kier molecular flexibility index (Phi) is 32.8. The normalized spacial score (nSPS) is 14.6. The van der Waals surface area contributed by atoms with Gasteiger partial charge in [0.25, 0.3) is 5.69 Å². The number of nitrogens with two attached hydrogens (primary N) is 1. The summed E-state index contributed by atoms with van der Waals surface area (Å²) in [5, 5.41) is 13.6. The molecule has 7 aliphatic heterocycles. The van der Waals surface area contributed by atoms with Gasteiger partial charge in [-0.25, -0.2) is 39.7 Å². The van der Waals surface area contributed by atoms with Crippen LogP contribution in [0.3, 0.4) is 0 Å². The summed E-state index contributed by atoms with van der Waals surface area (Å²) in [4.78, 5) is 95.7. The minimum absolute atomic E-state index is 0.0730. The van der Waals surface area contributed by atoms with E-state index in [0.717, 1.165) is 203 Å². The number of amides is 1. The van der Waals surface area contributed by atoms with Crippen LogP contribution in [0, 0.1) is 10.1 Å². The molecule has 14 heterocycles. The number of aromatic amines is 7. The van der Waals surface area contributed by atoms with Crippen molar-refractivity contribution in [2.24, 2.45) is 0 Å². The molecular weight excluding hydrogens is 1830 g/mol. The number of carbonyl (C=O) groups is 1. The predicted molar refractivity (Wildman–Crippen MR) is 528 cm³/mol. The highest BCUT2D eigenvalue weighted by Gasteiger charge is 2.34. The van der Waals surface area contributed by atoms with E-state index in [2.05, 4.69) is 187 Å². The van der Waals surface area contributed by atoms with E-state index in [0.29, 0.717) is 36.8 Å². The van der Waals surface area contributed by atoms with Gasteiger partial charge in [0.1, 0.15) is 5.75 Å². The zero-order chi connectivity index (χ0) is 93.3. The lowest BCUT2D eigenvalue weighted by molar-refractivity contribution is -0.384. The lowest BCUT2D eigenvalue weighted by Crippen LogP contribution is -2.38. The third-order valence-corrected chi connectivity index (χ3v) is 28.8. The third kappa shape index (κ3) is 26.1. The number of ether oxygens (including phenoxy) is 2. The Morgan fingerprint density at radius 2 is 0.836 bits per heavy atom. The fourth-order valence-corrected chi connectivity index (χ4v) is 21.1. The summed E-state index contributed by atoms with van der Waals surface area (Å²) < 4.78 is 76.5. The SMILES string of the molecule is CN(C)S(=O)(=O)Nc1ccc2c(c1)N(Cc1cnc[nH]1)CCS2.CN1CCN(Cc2cnc[nH]2)c2ccccc21.COC(=O)Nc1ccc2c(c1)N(Cc1cnc[nH]1)CCS2.FC(F)(F)c1ccc2c(c1)N(Cc1cnc[nH]1)CCS2.Nc1ccc2c(c1)N(Cc1cnc[nH]1)CCS2.O=[N+]([O-])c1ccc2c(c1)N(Cc1cnc[nH]1)CCCO2.c1ccc2c(c1)SCCN2Cc1cnc[nH]1. The lowest BCUT2D eigenvalue weighted by Gasteiger charge is -2.36. The van der Waals surface area contributed by atoms with Gasteiger partial charge in [0.15, 0.2) is 0 Å². The molecule has 7 aromatic heterocycles. The number of nitrogen functional groups attached to an aromatic ring is 1. The second-order valence-electron chi connectivity index (χ2n) is 31.5. The molecule has 14 aromatic rings. The minimum Gasteiger partial charge on any atom is -0.491 e. The molecule has 7 aliphatic rings. The van der Waals surface area contributed by atoms with Crippen LogP contribution in [-0.4, -0.2) is 209 Å². The van der Waals surface area contributed by atoms with Crippen molar-refractivity contribution in [3.05, 3.63) is 283 Å². The molecule has 11 N–H and O–H groups in total. The minimum atomic E-state index is -4.31. The summed E-state index contributed by atoms with van der Waals surface area (Å²) in [5.74, 6) is 5.88. The number of carbonyl (C=O) groups excluding carboxylic acids is 1. The van der Waals surface area contributed by atoms with Gasteiger partial charge < -0.3 is 89.3 Å². The number of nitro benzene ring substituents is 1. The van der Waals surface area contributed by atoms with Crippen molar-refractivity contribution >= 4 is 143 Å². The van der Waals surface area contributed by atoms with E-state index >= 15 is 0 Å². The maximum Gasteiger partial charge on any atom is 0.416 e. The van der Waals surface area contributed by atoms with Gasteiger partial charge in [0.05, 0.1) is 205 Å². The first-order valence-corrected chi connectivity index (χ1v) is 49.4. The summed E-state index contributed by atoms with van der Waals surface area (Å²) in [6, 6.07) is 43.5. The van der Waals surface area contributed by atoms with Gasteiger partial charge in [-0.05, 0) is 110 Å². The van der Waals surface area contributed by atoms with Crippen molar-refractivity contribution in [3.8, 4) is 5.75 Å². The second kappa shape index (κ2) is 46.0. The number of aromatic nitrogens is 14. The number of alkyl halides is 3. The molecule has 0 atom stereocenters. The molecule has 0 fully saturated rings. The fraction of sp³-hybridized carbons (Fsp3) is 0.297. The molecule has 1 amide bonds. The van der Waals surface area contributed by atoms with Crippen molar-refractivity contribution in [1.29, 1.82) is 0 Å². The van der Waals surface area contributed by atoms with Crippen molar-refractivity contribution in [2.45, 2.75) is 82.9 Å². The van der Waals surface area contributed by atoms with Gasteiger partial charge in [-0.3, -0.25) is 20.2 Å². The average Bonchev–Trinajstić information content (AvgIpc) is 0.924. The number of thioether (sulfide) groups is 5. The molecule has 0 unspecified atom stereocenters. The number of H-pyrrole nitrogens is 7. The zero-order valence-corrected chi connectivity index (χ0v) is 78.9. The highest BCUT2D eigenvalue weighted by Crippen LogP contribution is 2.44. The largest absolute Gasteiger partial charge is 0.491 e. The first-order chi connectivity index (χ1) is 65.1. The van der Waals surface area contributed by atoms with E-state index < -0.39 is 28.0 Å². The Labute approximate surface area is 795 Å². The van der Waals surface area contributed by atoms with Crippen LogP contribution in [-0.2, 0) is 66.9 Å². The number of fused-ring (bicyclic) bond motifs is 7. The van der Waals surface area contributed by atoms with Crippen LogP contribution in [0.4, 0.5) is 86.2 Å². The van der Waals surface area contributed by atoms with Gasteiger partial charge in [-0.2, -0.15) is 25.9 Å². The Morgan fingerprint density at radius 1 is 0.463 bits per heavy atom. The monoisotopic (exact) mass is 1940 g/mol. The molecule has 134 heavy (non-hydrogen) atoms. The highest BCUT2D eigenvalue weighted by atomic mass is 32.2. The number of hydrogen-bond acceptors (Lipinski definition) is 28. The van der Waals surface area contributed by atoms with Crippen LogP contribution in [0.1, 0.15) is 51.8 Å². The van der Waals surface area contributed by atoms with E-state index in [1.807, 2.05) is 101 Å². The van der Waals surface area contributed by atoms with Gasteiger partial charge >= 0.3 is 22.5 Å². The Balaban J connectivity index is 0.000000120. The van der Waals surface area contributed by atoms with Crippen LogP contribution in [0.15, 0.2) is 252 Å². The average molecular weight is 1940 g/mol. The summed E-state index contributed by atoms with van der Waals surface area (Å²) in [6.07, 6.45) is 20.6. The van der Waals surface area contributed by atoms with Crippen LogP contribution in [0.2, 0.25) is 0 Å². The number of para-hydroxylation sites is 3. The second-order valence-corrected chi connectivity index (χ2v) is 39.1. The van der Waals surface area contributed by atoms with Crippen LogP contribution < -0.4 is 59.7 Å². The quantitative estimate of drug-likeness (QED) is 0.0204. The van der Waals surface area contributed by atoms with E-state index in [4.69, 9.17) is 10.5 Å². The van der Waals surface area contributed by atoms with Crippen LogP contribution in [0.5, 0.6) is 5.75 Å². The Hall–Kier alpha value is -13.1. The molecule has 702 valence electrons. The number of likely N-dealkylation sites (N-methyl/N-ethyl adjacent to an activating group) is 1. The number of non-ortho nitro benzene ring substituents is 1. The summed E-state index contributed by atoms with van der Waals surface area (Å²) in [5.41, 5.74) is 23.6. The van der Waals surface area contributed by atoms with E-state index in [1.165, 1.54) is 76.5 Å². The molecule has 43 heteroatoms. The van der Waals surface area contributed by atoms with Crippen LogP contribution in [0.25, 0.3) is 0 Å². The number of anilines is 11. The van der Waals surface area contributed by atoms with Crippen LogP contribution >= 0.6 is 58.8 Å². The fourth-order valence-electron chi connectivity index (χ4n) is 15.4. The number of hydrogen-bond donors (Lipinski definition) is 10. The molecule has 0 saturated heterocycles. The van der Waals surface area contributed by atoms with Crippen molar-refractivity contribution in [2.75, 3.05) is 171 Å². The number of nitrogens with zero attached hydrogens (tertiary/aromatic N) is 17. The van der Waals surface area contributed by atoms with Gasteiger partial charge in [0.2, 0.25) is 0 Å². The zero-order valence-electron chi connectivity index (χ0n) is 74.0. The topological polar surface area (TPSA) is 393 Å². The molecular formula is C91H104F3N27O7S6. The lowest BCUT2D eigenvalue weighted by atomic mass is 10.1. The molecule has 34 nitrogen and oxygen atoms in total.